The number of ketones is 2. The number of hydrogen-bond acceptors (Lipinski definition) is 3. The van der Waals surface area contributed by atoms with E-state index in [2.05, 4.69) is 12.2 Å². The van der Waals surface area contributed by atoms with Crippen LogP contribution in [-0.2, 0) is 0 Å². The van der Waals surface area contributed by atoms with Gasteiger partial charge in [-0.25, -0.2) is 0 Å². The minimum atomic E-state index is -0.0795. The SMILES string of the molecule is CCCCCCCCCCCCCCCCCNC1=CC(=O)c2ccccc2C1=O. The molecule has 1 N–H and O–H groups in total. The summed E-state index contributed by atoms with van der Waals surface area (Å²) in [7, 11) is 0. The average Bonchev–Trinajstić information content (AvgIpc) is 2.76. The molecule has 0 saturated heterocycles. The van der Waals surface area contributed by atoms with Gasteiger partial charge in [0.1, 0.15) is 0 Å². The van der Waals surface area contributed by atoms with Crippen molar-refractivity contribution < 1.29 is 9.59 Å². The van der Waals surface area contributed by atoms with E-state index in [0.717, 1.165) is 13.0 Å². The molecule has 0 fully saturated rings. The third-order valence-corrected chi connectivity index (χ3v) is 6.05. The Morgan fingerprint density at radius 3 is 1.63 bits per heavy atom. The van der Waals surface area contributed by atoms with Gasteiger partial charge in [0.15, 0.2) is 5.78 Å². The average molecular weight is 412 g/mol. The van der Waals surface area contributed by atoms with Gasteiger partial charge in [0.25, 0.3) is 0 Å². The van der Waals surface area contributed by atoms with E-state index in [9.17, 15) is 9.59 Å². The maximum Gasteiger partial charge on any atom is 0.209 e. The molecule has 3 heteroatoms. The van der Waals surface area contributed by atoms with E-state index < -0.39 is 0 Å². The van der Waals surface area contributed by atoms with E-state index in [1.807, 2.05) is 6.07 Å². The quantitative estimate of drug-likeness (QED) is 0.271. The van der Waals surface area contributed by atoms with Crippen LogP contribution in [0.15, 0.2) is 36.0 Å². The molecule has 0 radical (unpaired) electrons. The van der Waals surface area contributed by atoms with Crippen LogP contribution in [0.5, 0.6) is 0 Å². The van der Waals surface area contributed by atoms with Crippen LogP contribution in [0, 0.1) is 0 Å². The number of carbonyl (C=O) groups is 2. The van der Waals surface area contributed by atoms with Crippen LogP contribution in [0.4, 0.5) is 0 Å². The summed E-state index contributed by atoms with van der Waals surface area (Å²) in [5.74, 6) is -0.143. The van der Waals surface area contributed by atoms with E-state index in [1.165, 1.54) is 96.0 Å². The number of allylic oxidation sites excluding steroid dienone is 2. The van der Waals surface area contributed by atoms with Crippen LogP contribution >= 0.6 is 0 Å². The first-order valence-electron chi connectivity index (χ1n) is 12.4. The second-order valence-electron chi connectivity index (χ2n) is 8.67. The molecule has 1 aliphatic carbocycles. The number of carbonyl (C=O) groups excluding carboxylic acids is 2. The predicted molar refractivity (Wildman–Crippen MR) is 126 cm³/mol. The number of unbranched alkanes of at least 4 members (excludes halogenated alkanes) is 14. The molecule has 0 spiro atoms. The smallest absolute Gasteiger partial charge is 0.209 e. The number of fused-ring (bicyclic) bond motifs is 1. The van der Waals surface area contributed by atoms with Crippen LogP contribution in [0.3, 0.4) is 0 Å². The highest BCUT2D eigenvalue weighted by Crippen LogP contribution is 2.20. The number of benzene rings is 1. The van der Waals surface area contributed by atoms with Gasteiger partial charge in [-0.3, -0.25) is 9.59 Å². The minimum Gasteiger partial charge on any atom is -0.382 e. The van der Waals surface area contributed by atoms with Crippen LogP contribution in [0.2, 0.25) is 0 Å². The molecule has 0 atom stereocenters. The standard InChI is InChI=1S/C27H41NO2/c1-2-3-4-5-6-7-8-9-10-11-12-13-14-15-18-21-28-25-22-26(29)23-19-16-17-20-24(23)27(25)30/h16-17,19-20,22,28H,2-15,18,21H2,1H3. The molecule has 166 valence electrons. The fourth-order valence-electron chi connectivity index (χ4n) is 4.17. The maximum atomic E-state index is 12.5. The van der Waals surface area contributed by atoms with Crippen molar-refractivity contribution in [1.82, 2.24) is 5.32 Å². The number of nitrogens with one attached hydrogen (secondary N) is 1. The fourth-order valence-corrected chi connectivity index (χ4v) is 4.17. The van der Waals surface area contributed by atoms with Gasteiger partial charge in [-0.05, 0) is 6.42 Å². The summed E-state index contributed by atoms with van der Waals surface area (Å²) >= 11 is 0. The van der Waals surface area contributed by atoms with E-state index in [1.54, 1.807) is 18.2 Å². The lowest BCUT2D eigenvalue weighted by atomic mass is 9.93. The summed E-state index contributed by atoms with van der Waals surface area (Å²) < 4.78 is 0. The third kappa shape index (κ3) is 8.85. The van der Waals surface area contributed by atoms with Crippen molar-refractivity contribution >= 4 is 11.6 Å². The Kier molecular flexibility index (Phi) is 12.2. The largest absolute Gasteiger partial charge is 0.382 e. The minimum absolute atomic E-state index is 0.0637. The van der Waals surface area contributed by atoms with Crippen molar-refractivity contribution in [2.45, 2.75) is 103 Å². The molecule has 0 aromatic heterocycles. The molecule has 0 heterocycles. The maximum absolute atomic E-state index is 12.5. The van der Waals surface area contributed by atoms with Crippen molar-refractivity contribution in [2.75, 3.05) is 6.54 Å². The normalized spacial score (nSPS) is 13.3. The summed E-state index contributed by atoms with van der Waals surface area (Å²) in [6.45, 7) is 3.03. The molecule has 0 amide bonds. The van der Waals surface area contributed by atoms with Gasteiger partial charge in [0.2, 0.25) is 5.78 Å². The van der Waals surface area contributed by atoms with Crippen LogP contribution in [0.25, 0.3) is 0 Å². The Hall–Kier alpha value is -1.90. The zero-order valence-corrected chi connectivity index (χ0v) is 19.0. The van der Waals surface area contributed by atoms with Crippen molar-refractivity contribution in [3.63, 3.8) is 0 Å². The van der Waals surface area contributed by atoms with Gasteiger partial charge >= 0.3 is 0 Å². The lowest BCUT2D eigenvalue weighted by Crippen LogP contribution is -2.27. The summed E-state index contributed by atoms with van der Waals surface area (Å²) in [4.78, 5) is 24.6. The molecule has 3 nitrogen and oxygen atoms in total. The molecule has 1 aromatic rings. The first kappa shape index (κ1) is 24.4. The second kappa shape index (κ2) is 15.0. The molecule has 2 rings (SSSR count). The highest BCUT2D eigenvalue weighted by atomic mass is 16.1. The lowest BCUT2D eigenvalue weighted by Gasteiger charge is -2.16. The van der Waals surface area contributed by atoms with E-state index in [-0.39, 0.29) is 11.6 Å². The summed E-state index contributed by atoms with van der Waals surface area (Å²) in [6, 6.07) is 7.06. The predicted octanol–water partition coefficient (Wildman–Crippen LogP) is 7.41. The van der Waals surface area contributed by atoms with Gasteiger partial charge in [-0.15, -0.1) is 0 Å². The highest BCUT2D eigenvalue weighted by molar-refractivity contribution is 6.24. The van der Waals surface area contributed by atoms with Crippen molar-refractivity contribution in [3.05, 3.63) is 47.2 Å². The van der Waals surface area contributed by atoms with E-state index >= 15 is 0 Å². The summed E-state index contributed by atoms with van der Waals surface area (Å²) in [6.07, 6.45) is 21.6. The molecule has 0 aliphatic heterocycles. The molecule has 1 aromatic carbocycles. The Morgan fingerprint density at radius 1 is 0.633 bits per heavy atom. The zero-order chi connectivity index (χ0) is 21.4. The Labute approximate surface area is 183 Å². The zero-order valence-electron chi connectivity index (χ0n) is 19.0. The molecule has 0 unspecified atom stereocenters. The summed E-state index contributed by atoms with van der Waals surface area (Å²) in [5.41, 5.74) is 1.48. The molecule has 1 aliphatic rings. The number of hydrogen-bond donors (Lipinski definition) is 1. The molecule has 0 bridgehead atoms. The summed E-state index contributed by atoms with van der Waals surface area (Å²) in [5, 5.41) is 3.18. The van der Waals surface area contributed by atoms with Gasteiger partial charge in [0.05, 0.1) is 5.70 Å². The number of rotatable bonds is 17. The van der Waals surface area contributed by atoms with Gasteiger partial charge in [0, 0.05) is 23.7 Å². The van der Waals surface area contributed by atoms with Crippen LogP contribution < -0.4 is 5.32 Å². The van der Waals surface area contributed by atoms with Crippen molar-refractivity contribution in [1.29, 1.82) is 0 Å². The van der Waals surface area contributed by atoms with E-state index in [0.29, 0.717) is 16.8 Å². The van der Waals surface area contributed by atoms with Crippen molar-refractivity contribution in [2.24, 2.45) is 0 Å². The Bertz CT molecular complexity index is 677. The second-order valence-corrected chi connectivity index (χ2v) is 8.67. The molecular formula is C27H41NO2. The Balaban J connectivity index is 1.41. The lowest BCUT2D eigenvalue weighted by molar-refractivity contribution is 0.0978. The van der Waals surface area contributed by atoms with E-state index in [4.69, 9.17) is 0 Å². The third-order valence-electron chi connectivity index (χ3n) is 6.05. The monoisotopic (exact) mass is 411 g/mol. The number of Topliss-reactive ketones (excluding diaryl/α,β-unsaturated/α-hetero) is 1. The van der Waals surface area contributed by atoms with Crippen LogP contribution in [-0.4, -0.2) is 18.1 Å². The molecular weight excluding hydrogens is 370 g/mol. The topological polar surface area (TPSA) is 46.2 Å². The van der Waals surface area contributed by atoms with Crippen LogP contribution in [0.1, 0.15) is 124 Å². The van der Waals surface area contributed by atoms with Gasteiger partial charge < -0.3 is 5.32 Å². The molecule has 0 saturated carbocycles. The fraction of sp³-hybridized carbons (Fsp3) is 0.630. The van der Waals surface area contributed by atoms with Crippen molar-refractivity contribution in [3.8, 4) is 0 Å². The first-order valence-corrected chi connectivity index (χ1v) is 12.4. The van der Waals surface area contributed by atoms with Gasteiger partial charge in [-0.2, -0.15) is 0 Å². The first-order chi connectivity index (χ1) is 14.7. The molecule has 30 heavy (non-hydrogen) atoms. The highest BCUT2D eigenvalue weighted by Gasteiger charge is 2.24. The van der Waals surface area contributed by atoms with Gasteiger partial charge in [-0.1, -0.05) is 121 Å². The Morgan fingerprint density at radius 2 is 1.10 bits per heavy atom.